The number of carbonyl (C=O) groups is 2. The first-order valence-corrected chi connectivity index (χ1v) is 8.28. The van der Waals surface area contributed by atoms with E-state index in [9.17, 15) is 19.1 Å². The standard InChI is InChI=1S/C18H25FN2O4/c1-12-5-6-15(19)14(9-12)16(23)21-8-7-20(10-13(21)11-22)17(24)25-18(2,3)4/h5-6,9,13,22H,7-8,10-11H2,1-4H3. The lowest BCUT2D eigenvalue weighted by atomic mass is 10.1. The molecule has 0 spiro atoms. The van der Waals surface area contributed by atoms with Crippen molar-refractivity contribution in [3.8, 4) is 0 Å². The number of aliphatic hydroxyl groups is 1. The Morgan fingerprint density at radius 3 is 2.60 bits per heavy atom. The van der Waals surface area contributed by atoms with Crippen LogP contribution in [0.3, 0.4) is 0 Å². The molecule has 2 rings (SSSR count). The van der Waals surface area contributed by atoms with Gasteiger partial charge in [0.2, 0.25) is 0 Å². The van der Waals surface area contributed by atoms with Crippen molar-refractivity contribution in [3.05, 3.63) is 35.1 Å². The van der Waals surface area contributed by atoms with Crippen molar-refractivity contribution in [1.82, 2.24) is 9.80 Å². The molecule has 1 aromatic rings. The van der Waals surface area contributed by atoms with E-state index in [4.69, 9.17) is 4.74 Å². The number of halogens is 1. The van der Waals surface area contributed by atoms with Crippen LogP contribution >= 0.6 is 0 Å². The van der Waals surface area contributed by atoms with Crippen LogP contribution in [0.5, 0.6) is 0 Å². The maximum Gasteiger partial charge on any atom is 0.410 e. The zero-order chi connectivity index (χ0) is 18.8. The van der Waals surface area contributed by atoms with E-state index in [-0.39, 0.29) is 31.8 Å². The lowest BCUT2D eigenvalue weighted by Crippen LogP contribution is -2.58. The molecule has 0 aliphatic carbocycles. The molecule has 1 unspecified atom stereocenters. The molecule has 25 heavy (non-hydrogen) atoms. The van der Waals surface area contributed by atoms with Gasteiger partial charge in [-0.25, -0.2) is 9.18 Å². The number of rotatable bonds is 2. The molecule has 138 valence electrons. The van der Waals surface area contributed by atoms with E-state index < -0.39 is 29.5 Å². The number of hydrogen-bond acceptors (Lipinski definition) is 4. The average molecular weight is 352 g/mol. The van der Waals surface area contributed by atoms with E-state index in [1.54, 1.807) is 33.8 Å². The number of piperazine rings is 1. The topological polar surface area (TPSA) is 70.1 Å². The maximum absolute atomic E-state index is 14.0. The molecule has 1 fully saturated rings. The van der Waals surface area contributed by atoms with E-state index in [1.807, 2.05) is 0 Å². The summed E-state index contributed by atoms with van der Waals surface area (Å²) in [6.07, 6.45) is -0.486. The van der Waals surface area contributed by atoms with Crippen LogP contribution in [0, 0.1) is 12.7 Å². The molecule has 1 aromatic carbocycles. The monoisotopic (exact) mass is 352 g/mol. The molecule has 2 amide bonds. The predicted molar refractivity (Wildman–Crippen MR) is 90.9 cm³/mol. The Kier molecular flexibility index (Phi) is 5.67. The third-order valence-corrected chi connectivity index (χ3v) is 3.96. The number of carbonyl (C=O) groups excluding carboxylic acids is 2. The Hall–Kier alpha value is -2.15. The Morgan fingerprint density at radius 2 is 2.00 bits per heavy atom. The summed E-state index contributed by atoms with van der Waals surface area (Å²) in [5.74, 6) is -1.08. The first-order chi connectivity index (χ1) is 11.6. The number of nitrogens with zero attached hydrogens (tertiary/aromatic N) is 2. The summed E-state index contributed by atoms with van der Waals surface area (Å²) in [6, 6.07) is 3.74. The zero-order valence-corrected chi connectivity index (χ0v) is 15.1. The van der Waals surface area contributed by atoms with Crippen molar-refractivity contribution in [2.75, 3.05) is 26.2 Å². The van der Waals surface area contributed by atoms with Gasteiger partial charge in [0.05, 0.1) is 18.2 Å². The number of aliphatic hydroxyl groups excluding tert-OH is 1. The highest BCUT2D eigenvalue weighted by Gasteiger charge is 2.35. The van der Waals surface area contributed by atoms with Crippen LogP contribution in [0.1, 0.15) is 36.7 Å². The normalized spacial score (nSPS) is 18.2. The van der Waals surface area contributed by atoms with E-state index >= 15 is 0 Å². The smallest absolute Gasteiger partial charge is 0.410 e. The van der Waals surface area contributed by atoms with Crippen LogP contribution in [0.4, 0.5) is 9.18 Å². The summed E-state index contributed by atoms with van der Waals surface area (Å²) in [5, 5.41) is 9.65. The van der Waals surface area contributed by atoms with Gasteiger partial charge in [0.1, 0.15) is 11.4 Å². The van der Waals surface area contributed by atoms with Gasteiger partial charge in [0.15, 0.2) is 0 Å². The van der Waals surface area contributed by atoms with E-state index in [1.165, 1.54) is 21.9 Å². The molecule has 1 heterocycles. The highest BCUT2D eigenvalue weighted by molar-refractivity contribution is 5.95. The SMILES string of the molecule is Cc1ccc(F)c(C(=O)N2CCN(C(=O)OC(C)(C)C)CC2CO)c1. The molecule has 1 saturated heterocycles. The summed E-state index contributed by atoms with van der Waals surface area (Å²) in [4.78, 5) is 27.7. The summed E-state index contributed by atoms with van der Waals surface area (Å²) in [5.41, 5.74) is 0.130. The van der Waals surface area contributed by atoms with Gasteiger partial charge in [-0.2, -0.15) is 0 Å². The molecule has 7 heteroatoms. The first kappa shape index (κ1) is 19.2. The van der Waals surface area contributed by atoms with Gasteiger partial charge in [-0.05, 0) is 39.8 Å². The Balaban J connectivity index is 2.13. The highest BCUT2D eigenvalue weighted by Crippen LogP contribution is 2.19. The van der Waals surface area contributed by atoms with Crippen LogP contribution < -0.4 is 0 Å². The van der Waals surface area contributed by atoms with Crippen molar-refractivity contribution in [2.45, 2.75) is 39.3 Å². The Labute approximate surface area is 147 Å². The number of hydrogen-bond donors (Lipinski definition) is 1. The average Bonchev–Trinajstić information content (AvgIpc) is 2.54. The third kappa shape index (κ3) is 4.69. The van der Waals surface area contributed by atoms with Gasteiger partial charge in [-0.1, -0.05) is 11.6 Å². The van der Waals surface area contributed by atoms with Gasteiger partial charge >= 0.3 is 6.09 Å². The second-order valence-electron chi connectivity index (χ2n) is 7.24. The number of benzene rings is 1. The molecule has 6 nitrogen and oxygen atoms in total. The Bertz CT molecular complexity index is 657. The van der Waals surface area contributed by atoms with Gasteiger partial charge in [0, 0.05) is 19.6 Å². The predicted octanol–water partition coefficient (Wildman–Crippen LogP) is 2.19. The summed E-state index contributed by atoms with van der Waals surface area (Å²) >= 11 is 0. The van der Waals surface area contributed by atoms with E-state index in [2.05, 4.69) is 0 Å². The first-order valence-electron chi connectivity index (χ1n) is 8.28. The van der Waals surface area contributed by atoms with Crippen molar-refractivity contribution in [2.24, 2.45) is 0 Å². The molecule has 0 bridgehead atoms. The van der Waals surface area contributed by atoms with Crippen LogP contribution in [0.25, 0.3) is 0 Å². The Morgan fingerprint density at radius 1 is 1.32 bits per heavy atom. The molecule has 0 saturated carbocycles. The largest absolute Gasteiger partial charge is 0.444 e. The summed E-state index contributed by atoms with van der Waals surface area (Å²) in [7, 11) is 0. The number of ether oxygens (including phenoxy) is 1. The highest BCUT2D eigenvalue weighted by atomic mass is 19.1. The molecule has 0 aromatic heterocycles. The molecule has 1 atom stereocenters. The van der Waals surface area contributed by atoms with Crippen molar-refractivity contribution >= 4 is 12.0 Å². The van der Waals surface area contributed by atoms with Crippen LogP contribution in [-0.2, 0) is 4.74 Å². The molecular weight excluding hydrogens is 327 g/mol. The fraction of sp³-hybridized carbons (Fsp3) is 0.556. The summed E-state index contributed by atoms with van der Waals surface area (Å²) in [6.45, 7) is 7.39. The third-order valence-electron chi connectivity index (χ3n) is 3.96. The summed E-state index contributed by atoms with van der Waals surface area (Å²) < 4.78 is 19.3. The fourth-order valence-corrected chi connectivity index (χ4v) is 2.73. The minimum absolute atomic E-state index is 0.0239. The van der Waals surface area contributed by atoms with Crippen molar-refractivity contribution in [3.63, 3.8) is 0 Å². The van der Waals surface area contributed by atoms with Gasteiger partial charge in [-0.15, -0.1) is 0 Å². The maximum atomic E-state index is 14.0. The number of amides is 2. The van der Waals surface area contributed by atoms with E-state index in [0.29, 0.717) is 0 Å². The van der Waals surface area contributed by atoms with Crippen LogP contribution in [0.2, 0.25) is 0 Å². The second kappa shape index (κ2) is 7.39. The molecule has 1 N–H and O–H groups in total. The fourth-order valence-electron chi connectivity index (χ4n) is 2.73. The van der Waals surface area contributed by atoms with Crippen LogP contribution in [0.15, 0.2) is 18.2 Å². The number of aryl methyl sites for hydroxylation is 1. The van der Waals surface area contributed by atoms with Gasteiger partial charge < -0.3 is 19.6 Å². The van der Waals surface area contributed by atoms with Crippen molar-refractivity contribution in [1.29, 1.82) is 0 Å². The second-order valence-corrected chi connectivity index (χ2v) is 7.24. The zero-order valence-electron chi connectivity index (χ0n) is 15.1. The van der Waals surface area contributed by atoms with E-state index in [0.717, 1.165) is 5.56 Å². The molecular formula is C18H25FN2O4. The molecule has 1 aliphatic heterocycles. The van der Waals surface area contributed by atoms with Gasteiger partial charge in [0.25, 0.3) is 5.91 Å². The lowest BCUT2D eigenvalue weighted by Gasteiger charge is -2.41. The quantitative estimate of drug-likeness (QED) is 0.886. The molecule has 0 radical (unpaired) electrons. The minimum atomic E-state index is -0.622. The van der Waals surface area contributed by atoms with Crippen LogP contribution in [-0.4, -0.2) is 64.8 Å². The molecule has 1 aliphatic rings. The van der Waals surface area contributed by atoms with Crippen molar-refractivity contribution < 1.29 is 23.8 Å². The minimum Gasteiger partial charge on any atom is -0.444 e. The lowest BCUT2D eigenvalue weighted by molar-refractivity contribution is -0.00255. The van der Waals surface area contributed by atoms with Gasteiger partial charge in [-0.3, -0.25) is 4.79 Å².